The zero-order chi connectivity index (χ0) is 15.5. The molecular weight excluding hydrogens is 296 g/mol. The average molecular weight is 314 g/mol. The van der Waals surface area contributed by atoms with Crippen LogP contribution in [0.15, 0.2) is 47.1 Å². The number of hydrazone groups is 1. The van der Waals surface area contributed by atoms with E-state index in [9.17, 15) is 0 Å². The standard InChI is InChI=1S/C15H17N6S/c1-17-14(16)19-18-9-11-3-5-12(6-4-11)13-10-21-7-8-22-15(21)20(13)2/h3-10H,1-2H3,(H3,16,17,19)/q+1/p+1/b18-9-. The number of rotatable bonds is 3. The minimum atomic E-state index is 0.411. The van der Waals surface area contributed by atoms with E-state index in [1.165, 1.54) is 16.2 Å². The summed E-state index contributed by atoms with van der Waals surface area (Å²) in [6.07, 6.45) is 5.93. The number of hydrogen-bond donors (Lipinski definition) is 3. The number of nitrogens with two attached hydrogens (primary N) is 1. The van der Waals surface area contributed by atoms with E-state index in [0.29, 0.717) is 5.96 Å². The number of aryl methyl sites for hydroxylation is 1. The van der Waals surface area contributed by atoms with Gasteiger partial charge in [-0.15, -0.1) is 5.10 Å². The number of hydrogen-bond acceptors (Lipinski definition) is 2. The Kier molecular flexibility index (Phi) is 3.88. The molecule has 0 bridgehead atoms. The molecule has 2 aromatic heterocycles. The molecular formula is C15H18N6S+2. The lowest BCUT2D eigenvalue weighted by molar-refractivity contribution is -0.505. The van der Waals surface area contributed by atoms with Crippen LogP contribution >= 0.6 is 11.3 Å². The number of nitrogens with one attached hydrogen (secondary N) is 2. The van der Waals surface area contributed by atoms with Crippen LogP contribution in [0, 0.1) is 0 Å². The quantitative estimate of drug-likeness (QED) is 0.262. The highest BCUT2D eigenvalue weighted by atomic mass is 32.1. The normalized spacial score (nSPS) is 12.4. The molecule has 0 unspecified atom stereocenters. The molecule has 4 N–H and O–H groups in total. The number of aromatic nitrogens is 2. The second kappa shape index (κ2) is 5.98. The summed E-state index contributed by atoms with van der Waals surface area (Å²) in [5.41, 5.74) is 11.6. The molecule has 3 aromatic rings. The van der Waals surface area contributed by atoms with Crippen molar-refractivity contribution in [3.63, 3.8) is 0 Å². The Hall–Kier alpha value is -2.67. The van der Waals surface area contributed by atoms with Crippen molar-refractivity contribution in [3.8, 4) is 11.3 Å². The van der Waals surface area contributed by atoms with Gasteiger partial charge in [0.2, 0.25) is 0 Å². The summed E-state index contributed by atoms with van der Waals surface area (Å²) in [5, 5.41) is 6.13. The monoisotopic (exact) mass is 314 g/mol. The van der Waals surface area contributed by atoms with Crippen LogP contribution in [0.2, 0.25) is 0 Å². The highest BCUT2D eigenvalue weighted by Crippen LogP contribution is 2.21. The average Bonchev–Trinajstić information content (AvgIpc) is 3.11. The molecule has 0 saturated carbocycles. The van der Waals surface area contributed by atoms with Crippen molar-refractivity contribution < 1.29 is 9.39 Å². The smallest absolute Gasteiger partial charge is 0.289 e. The fourth-order valence-electron chi connectivity index (χ4n) is 2.19. The molecule has 0 fully saturated rings. The predicted molar refractivity (Wildman–Crippen MR) is 88.7 cm³/mol. The lowest BCUT2D eigenvalue weighted by Gasteiger charge is -1.98. The minimum absolute atomic E-state index is 0.411. The van der Waals surface area contributed by atoms with Gasteiger partial charge in [0, 0.05) is 10.9 Å². The summed E-state index contributed by atoms with van der Waals surface area (Å²) < 4.78 is 4.33. The molecule has 0 radical (unpaired) electrons. The van der Waals surface area contributed by atoms with Gasteiger partial charge in [0.1, 0.15) is 12.4 Å². The molecule has 0 amide bonds. The molecule has 6 nitrogen and oxygen atoms in total. The molecule has 7 heteroatoms. The largest absolute Gasteiger partial charge is 0.364 e. The topological polar surface area (TPSA) is 73.4 Å². The molecule has 0 aliphatic carbocycles. The van der Waals surface area contributed by atoms with Gasteiger partial charge in [0.05, 0.1) is 20.3 Å². The van der Waals surface area contributed by atoms with Crippen molar-refractivity contribution in [1.29, 1.82) is 0 Å². The van der Waals surface area contributed by atoms with E-state index in [1.54, 1.807) is 24.6 Å². The van der Waals surface area contributed by atoms with E-state index in [0.717, 1.165) is 5.56 Å². The first-order valence-corrected chi connectivity index (χ1v) is 7.71. The maximum absolute atomic E-state index is 5.56. The fraction of sp³-hybridized carbons (Fsp3) is 0.133. The molecule has 1 aromatic carbocycles. The van der Waals surface area contributed by atoms with Crippen LogP contribution in [0.1, 0.15) is 5.56 Å². The van der Waals surface area contributed by atoms with Crippen molar-refractivity contribution in [2.24, 2.45) is 17.9 Å². The third-order valence-corrected chi connectivity index (χ3v) is 4.35. The third kappa shape index (κ3) is 2.71. The SMILES string of the molecule is C[NH+]=C(N)N/N=C\c1ccc(-c2c[n+]3ccsc3n2C)cc1. The second-order valence-electron chi connectivity index (χ2n) is 4.82. The Bertz CT molecular complexity index is 841. The van der Waals surface area contributed by atoms with Gasteiger partial charge in [-0.25, -0.2) is 4.57 Å². The summed E-state index contributed by atoms with van der Waals surface area (Å²) in [5.74, 6) is 0.411. The number of guanidine groups is 1. The minimum Gasteiger partial charge on any atom is -0.289 e. The predicted octanol–water partition coefficient (Wildman–Crippen LogP) is -0.559. The maximum atomic E-state index is 5.56. The molecule has 0 atom stereocenters. The van der Waals surface area contributed by atoms with E-state index in [-0.39, 0.29) is 0 Å². The molecule has 0 aliphatic rings. The van der Waals surface area contributed by atoms with Gasteiger partial charge in [0.15, 0.2) is 5.69 Å². The van der Waals surface area contributed by atoms with E-state index >= 15 is 0 Å². The number of benzene rings is 1. The van der Waals surface area contributed by atoms with E-state index in [4.69, 9.17) is 5.73 Å². The number of fused-ring (bicyclic) bond motifs is 1. The van der Waals surface area contributed by atoms with Crippen molar-refractivity contribution in [3.05, 3.63) is 47.6 Å². The Morgan fingerprint density at radius 1 is 1.41 bits per heavy atom. The van der Waals surface area contributed by atoms with Crippen LogP contribution in [0.25, 0.3) is 16.2 Å². The molecule has 0 saturated heterocycles. The molecule has 0 aliphatic heterocycles. The first-order valence-electron chi connectivity index (χ1n) is 6.83. The van der Waals surface area contributed by atoms with Gasteiger partial charge in [-0.1, -0.05) is 23.5 Å². The van der Waals surface area contributed by atoms with E-state index in [1.807, 2.05) is 12.1 Å². The summed E-state index contributed by atoms with van der Waals surface area (Å²) in [7, 11) is 3.81. The summed E-state index contributed by atoms with van der Waals surface area (Å²) in [4.78, 5) is 3.97. The Morgan fingerprint density at radius 3 is 2.86 bits per heavy atom. The van der Waals surface area contributed by atoms with Crippen molar-refractivity contribution in [2.45, 2.75) is 0 Å². The maximum Gasteiger partial charge on any atom is 0.364 e. The Labute approximate surface area is 132 Å². The summed E-state index contributed by atoms with van der Waals surface area (Å²) in [6, 6.07) is 8.24. The van der Waals surface area contributed by atoms with Gasteiger partial charge >= 0.3 is 10.9 Å². The summed E-state index contributed by atoms with van der Waals surface area (Å²) >= 11 is 1.72. The van der Waals surface area contributed by atoms with Crippen LogP contribution in [0.5, 0.6) is 0 Å². The fourth-order valence-corrected chi connectivity index (χ4v) is 3.00. The summed E-state index contributed by atoms with van der Waals surface area (Å²) in [6.45, 7) is 0. The molecule has 3 rings (SSSR count). The van der Waals surface area contributed by atoms with E-state index < -0.39 is 0 Å². The molecule has 0 spiro atoms. The first-order chi connectivity index (χ1) is 10.7. The first kappa shape index (κ1) is 14.3. The Morgan fingerprint density at radius 2 is 2.18 bits per heavy atom. The van der Waals surface area contributed by atoms with E-state index in [2.05, 4.69) is 61.4 Å². The van der Waals surface area contributed by atoms with Crippen molar-refractivity contribution in [1.82, 2.24) is 9.99 Å². The van der Waals surface area contributed by atoms with Crippen LogP contribution in [0.4, 0.5) is 0 Å². The third-order valence-electron chi connectivity index (χ3n) is 3.40. The van der Waals surface area contributed by atoms with Gasteiger partial charge in [-0.05, 0) is 17.7 Å². The molecule has 112 valence electrons. The lowest BCUT2D eigenvalue weighted by Crippen LogP contribution is -2.74. The van der Waals surface area contributed by atoms with Crippen molar-refractivity contribution in [2.75, 3.05) is 7.05 Å². The zero-order valence-electron chi connectivity index (χ0n) is 12.4. The number of nitrogens with zero attached hydrogens (tertiary/aromatic N) is 3. The molecule has 2 heterocycles. The van der Waals surface area contributed by atoms with Crippen molar-refractivity contribution >= 4 is 28.5 Å². The van der Waals surface area contributed by atoms with Gasteiger partial charge in [0.25, 0.3) is 0 Å². The lowest BCUT2D eigenvalue weighted by atomic mass is 10.1. The van der Waals surface area contributed by atoms with Crippen LogP contribution in [-0.2, 0) is 7.05 Å². The van der Waals surface area contributed by atoms with Crippen LogP contribution in [0.3, 0.4) is 0 Å². The van der Waals surface area contributed by atoms with Crippen LogP contribution < -0.4 is 20.6 Å². The Balaban J connectivity index is 1.82. The van der Waals surface area contributed by atoms with Crippen LogP contribution in [-0.4, -0.2) is 23.8 Å². The van der Waals surface area contributed by atoms with Gasteiger partial charge in [-0.2, -0.15) is 9.83 Å². The highest BCUT2D eigenvalue weighted by molar-refractivity contribution is 7.14. The number of imidazole rings is 1. The molecule has 22 heavy (non-hydrogen) atoms. The zero-order valence-corrected chi connectivity index (χ0v) is 13.3. The number of thiazole rings is 1. The highest BCUT2D eigenvalue weighted by Gasteiger charge is 2.16. The second-order valence-corrected chi connectivity index (χ2v) is 5.69. The van der Waals surface area contributed by atoms with Gasteiger partial charge < -0.3 is 0 Å². The van der Waals surface area contributed by atoms with Gasteiger partial charge in [-0.3, -0.25) is 10.7 Å².